The molecule has 0 spiro atoms. The number of H-pyrrole nitrogens is 1. The minimum atomic E-state index is -3.51. The summed E-state index contributed by atoms with van der Waals surface area (Å²) in [6.45, 7) is 3.30. The van der Waals surface area contributed by atoms with Crippen LogP contribution >= 0.6 is 0 Å². The molecule has 0 saturated carbocycles. The fraction of sp³-hybridized carbons (Fsp3) is 0.556. The molecule has 2 aliphatic rings. The van der Waals surface area contributed by atoms with Crippen molar-refractivity contribution < 1.29 is 8.42 Å². The third-order valence-corrected chi connectivity index (χ3v) is 7.30. The maximum Gasteiger partial charge on any atom is 0.276 e. The zero-order valence-corrected chi connectivity index (χ0v) is 15.8. The molecular weight excluding hydrogens is 352 g/mol. The van der Waals surface area contributed by atoms with Crippen LogP contribution in [0.5, 0.6) is 0 Å². The number of pyridine rings is 1. The molecule has 140 valence electrons. The number of aromatic nitrogens is 3. The van der Waals surface area contributed by atoms with Crippen LogP contribution in [0.2, 0.25) is 0 Å². The van der Waals surface area contributed by atoms with Crippen LogP contribution in [-0.2, 0) is 22.9 Å². The van der Waals surface area contributed by atoms with Gasteiger partial charge in [-0.1, -0.05) is 13.3 Å². The van der Waals surface area contributed by atoms with Gasteiger partial charge in [-0.05, 0) is 50.2 Å². The van der Waals surface area contributed by atoms with Gasteiger partial charge in [0.25, 0.3) is 5.56 Å². The van der Waals surface area contributed by atoms with Gasteiger partial charge >= 0.3 is 0 Å². The molecule has 0 aromatic carbocycles. The van der Waals surface area contributed by atoms with Crippen LogP contribution in [0.1, 0.15) is 43.9 Å². The maximum atomic E-state index is 12.7. The second-order valence-electron chi connectivity index (χ2n) is 7.37. The van der Waals surface area contributed by atoms with Crippen LogP contribution in [0.3, 0.4) is 0 Å². The lowest BCUT2D eigenvalue weighted by molar-refractivity contribution is 0.346. The van der Waals surface area contributed by atoms with Gasteiger partial charge in [0, 0.05) is 30.5 Å². The highest BCUT2D eigenvalue weighted by atomic mass is 32.2. The van der Waals surface area contributed by atoms with Gasteiger partial charge in [0.1, 0.15) is 4.90 Å². The molecule has 0 bridgehead atoms. The molecule has 26 heavy (non-hydrogen) atoms. The summed E-state index contributed by atoms with van der Waals surface area (Å²) >= 11 is 0. The van der Waals surface area contributed by atoms with E-state index in [1.54, 1.807) is 12.1 Å². The van der Waals surface area contributed by atoms with Crippen LogP contribution < -0.4 is 5.56 Å². The van der Waals surface area contributed by atoms with Crippen molar-refractivity contribution in [1.29, 1.82) is 0 Å². The number of nitrogens with zero attached hydrogens (tertiary/aromatic N) is 3. The van der Waals surface area contributed by atoms with E-state index < -0.39 is 10.0 Å². The summed E-state index contributed by atoms with van der Waals surface area (Å²) in [6, 6.07) is 3.14. The molecule has 2 aromatic heterocycles. The molecule has 0 radical (unpaired) electrons. The SMILES string of the molecule is CC1CCc2c([nH]n(-c3ccc(S(=O)(=O)N4CCCCC4)cn3)c2=O)C1. The molecule has 1 N–H and O–H groups in total. The topological polar surface area (TPSA) is 88.1 Å². The van der Waals surface area contributed by atoms with E-state index in [0.717, 1.165) is 49.8 Å². The number of piperidine rings is 1. The molecule has 1 unspecified atom stereocenters. The minimum absolute atomic E-state index is 0.0777. The Morgan fingerprint density at radius 2 is 1.96 bits per heavy atom. The van der Waals surface area contributed by atoms with Crippen molar-refractivity contribution in [2.75, 3.05) is 13.1 Å². The van der Waals surface area contributed by atoms with Crippen molar-refractivity contribution in [1.82, 2.24) is 19.1 Å². The first-order valence-electron chi connectivity index (χ1n) is 9.26. The predicted octanol–water partition coefficient (Wildman–Crippen LogP) is 1.86. The molecule has 1 aliphatic heterocycles. The Morgan fingerprint density at radius 1 is 1.19 bits per heavy atom. The Bertz CT molecular complexity index is 953. The van der Waals surface area contributed by atoms with E-state index in [9.17, 15) is 13.2 Å². The van der Waals surface area contributed by atoms with Crippen molar-refractivity contribution in [3.63, 3.8) is 0 Å². The fourth-order valence-corrected chi connectivity index (χ4v) is 5.32. The Hall–Kier alpha value is -1.93. The molecule has 1 saturated heterocycles. The first-order valence-corrected chi connectivity index (χ1v) is 10.7. The maximum absolute atomic E-state index is 12.7. The molecule has 4 rings (SSSR count). The average Bonchev–Trinajstić information content (AvgIpc) is 2.98. The van der Waals surface area contributed by atoms with Crippen molar-refractivity contribution in [2.24, 2.45) is 5.92 Å². The van der Waals surface area contributed by atoms with Crippen LogP contribution in [0.25, 0.3) is 5.82 Å². The van der Waals surface area contributed by atoms with Gasteiger partial charge in [0.15, 0.2) is 5.82 Å². The van der Waals surface area contributed by atoms with Crippen molar-refractivity contribution in [2.45, 2.75) is 50.3 Å². The Labute approximate surface area is 153 Å². The number of hydrogen-bond donors (Lipinski definition) is 1. The van der Waals surface area contributed by atoms with Gasteiger partial charge < -0.3 is 0 Å². The largest absolute Gasteiger partial charge is 0.293 e. The van der Waals surface area contributed by atoms with Crippen LogP contribution in [-0.4, -0.2) is 40.6 Å². The number of rotatable bonds is 3. The molecule has 1 aliphatic carbocycles. The summed E-state index contributed by atoms with van der Waals surface area (Å²) in [4.78, 5) is 17.1. The number of sulfonamides is 1. The summed E-state index contributed by atoms with van der Waals surface area (Å²) in [5.41, 5.74) is 1.72. The van der Waals surface area contributed by atoms with E-state index in [0.29, 0.717) is 24.8 Å². The highest BCUT2D eigenvalue weighted by Gasteiger charge is 2.27. The quantitative estimate of drug-likeness (QED) is 0.886. The Balaban J connectivity index is 1.64. The second kappa shape index (κ2) is 6.66. The highest BCUT2D eigenvalue weighted by molar-refractivity contribution is 7.89. The molecule has 2 aromatic rings. The zero-order chi connectivity index (χ0) is 18.3. The number of aromatic amines is 1. The summed E-state index contributed by atoms with van der Waals surface area (Å²) in [5.74, 6) is 0.980. The smallest absolute Gasteiger partial charge is 0.276 e. The molecular formula is C18H24N4O3S. The van der Waals surface area contributed by atoms with E-state index in [4.69, 9.17) is 0 Å². The second-order valence-corrected chi connectivity index (χ2v) is 9.31. The number of fused-ring (bicyclic) bond motifs is 1. The molecule has 3 heterocycles. The molecule has 1 fully saturated rings. The fourth-order valence-electron chi connectivity index (χ4n) is 3.86. The van der Waals surface area contributed by atoms with E-state index in [2.05, 4.69) is 17.0 Å². The molecule has 7 nitrogen and oxygen atoms in total. The summed E-state index contributed by atoms with van der Waals surface area (Å²) in [6.07, 6.45) is 6.87. The van der Waals surface area contributed by atoms with Gasteiger partial charge in [0.2, 0.25) is 10.0 Å². The van der Waals surface area contributed by atoms with Crippen LogP contribution in [0.15, 0.2) is 28.0 Å². The average molecular weight is 376 g/mol. The summed E-state index contributed by atoms with van der Waals surface area (Å²) < 4.78 is 28.4. The summed E-state index contributed by atoms with van der Waals surface area (Å²) in [5, 5.41) is 3.15. The first-order chi connectivity index (χ1) is 12.5. The lowest BCUT2D eigenvalue weighted by Crippen LogP contribution is -2.35. The van der Waals surface area contributed by atoms with Gasteiger partial charge in [-0.3, -0.25) is 9.89 Å². The lowest BCUT2D eigenvalue weighted by Gasteiger charge is -2.25. The van der Waals surface area contributed by atoms with Gasteiger partial charge in [-0.2, -0.15) is 4.31 Å². The first kappa shape index (κ1) is 17.5. The van der Waals surface area contributed by atoms with E-state index in [1.807, 2.05) is 0 Å². The van der Waals surface area contributed by atoms with Gasteiger partial charge in [-0.15, -0.1) is 0 Å². The molecule has 8 heteroatoms. The van der Waals surface area contributed by atoms with E-state index in [1.165, 1.54) is 15.2 Å². The minimum Gasteiger partial charge on any atom is -0.293 e. The number of nitrogens with one attached hydrogen (secondary N) is 1. The van der Waals surface area contributed by atoms with Crippen LogP contribution in [0, 0.1) is 5.92 Å². The molecule has 1 atom stereocenters. The third kappa shape index (κ3) is 3.01. The summed E-state index contributed by atoms with van der Waals surface area (Å²) in [7, 11) is -3.51. The van der Waals surface area contributed by atoms with Crippen molar-refractivity contribution >= 4 is 10.0 Å². The number of hydrogen-bond acceptors (Lipinski definition) is 4. The Kier molecular flexibility index (Phi) is 4.48. The predicted molar refractivity (Wildman–Crippen MR) is 98.0 cm³/mol. The third-order valence-electron chi connectivity index (χ3n) is 5.41. The van der Waals surface area contributed by atoms with Crippen molar-refractivity contribution in [3.8, 4) is 5.82 Å². The normalized spacial score (nSPS) is 21.5. The highest BCUT2D eigenvalue weighted by Crippen LogP contribution is 2.23. The van der Waals surface area contributed by atoms with Gasteiger partial charge in [0.05, 0.1) is 0 Å². The Morgan fingerprint density at radius 3 is 2.65 bits per heavy atom. The van der Waals surface area contributed by atoms with Crippen molar-refractivity contribution in [3.05, 3.63) is 39.9 Å². The van der Waals surface area contributed by atoms with Crippen LogP contribution in [0.4, 0.5) is 0 Å². The van der Waals surface area contributed by atoms with E-state index >= 15 is 0 Å². The van der Waals surface area contributed by atoms with Gasteiger partial charge in [-0.25, -0.2) is 18.1 Å². The monoisotopic (exact) mass is 376 g/mol. The lowest BCUT2D eigenvalue weighted by atomic mass is 9.89. The van der Waals surface area contributed by atoms with E-state index in [-0.39, 0.29) is 10.5 Å². The standard InChI is InChI=1S/C18H24N4O3S/c1-13-5-7-15-16(11-13)20-22(18(15)23)17-8-6-14(12-19-17)26(24,25)21-9-3-2-4-10-21/h6,8,12-13,20H,2-5,7,9-11H2,1H3. The molecule has 0 amide bonds. The zero-order valence-electron chi connectivity index (χ0n) is 14.9.